The molecule has 1 saturated heterocycles. The lowest BCUT2D eigenvalue weighted by Crippen LogP contribution is -2.41. The van der Waals surface area contributed by atoms with Crippen molar-refractivity contribution in [1.82, 2.24) is 9.80 Å². The molecule has 1 heterocycles. The second-order valence-corrected chi connectivity index (χ2v) is 14.6. The Morgan fingerprint density at radius 3 is 2.54 bits per heavy atom. The van der Waals surface area contributed by atoms with Crippen molar-refractivity contribution in [2.75, 3.05) is 39.0 Å². The third-order valence-corrected chi connectivity index (χ3v) is 4.18. The van der Waals surface area contributed by atoms with Gasteiger partial charge in [-0.15, -0.1) is 0 Å². The van der Waals surface area contributed by atoms with Crippen LogP contribution in [0.4, 0.5) is 0 Å². The van der Waals surface area contributed by atoms with Crippen molar-refractivity contribution < 1.29 is 0 Å². The quantitative estimate of drug-likeness (QED) is 0.738. The predicted molar refractivity (Wildman–Crippen MR) is 71.7 cm³/mol. The molecule has 13 heavy (non-hydrogen) atoms. The van der Waals surface area contributed by atoms with Crippen molar-refractivity contribution in [2.45, 2.75) is 19.0 Å². The third-order valence-electron chi connectivity index (χ3n) is 2.40. The second-order valence-electron chi connectivity index (χ2n) is 4.43. The van der Waals surface area contributed by atoms with Gasteiger partial charge in [-0.1, -0.05) is 0 Å². The Balaban J connectivity index is 2.49. The minimum absolute atomic E-state index is 0.405. The summed E-state index contributed by atoms with van der Waals surface area (Å²) in [5.41, 5.74) is 0. The largest absolute Gasteiger partial charge is 0.294 e. The molecule has 0 amide bonds. The monoisotopic (exact) mass is 316 g/mol. The number of nitrogens with zero attached hydrogens (tertiary/aromatic N) is 2. The molecule has 0 aromatic rings. The first-order valence-corrected chi connectivity index (χ1v) is 9.87. The van der Waals surface area contributed by atoms with E-state index in [-0.39, 0.29) is 0 Å². The molecule has 0 saturated carbocycles. The summed E-state index contributed by atoms with van der Waals surface area (Å²) >= 11 is 2.62. The summed E-state index contributed by atoms with van der Waals surface area (Å²) in [6.07, 6.45) is 8.19. The van der Waals surface area contributed by atoms with E-state index in [9.17, 15) is 0 Å². The number of halogens is 1. The highest BCUT2D eigenvalue weighted by Gasteiger charge is 2.28. The smallest absolute Gasteiger partial charge is 0.0624 e. The highest BCUT2D eigenvalue weighted by molar-refractivity contribution is 14.2. The number of hydrogen-bond acceptors (Lipinski definition) is 2. The molecule has 1 fully saturated rings. The van der Waals surface area contributed by atoms with E-state index in [4.69, 9.17) is 0 Å². The maximum absolute atomic E-state index is 2.64. The molecule has 1 aliphatic rings. The summed E-state index contributed by atoms with van der Waals surface area (Å²) in [7, 11) is 3.98. The van der Waals surface area contributed by atoms with Crippen molar-refractivity contribution in [3.63, 3.8) is 0 Å². The summed E-state index contributed by atoms with van der Waals surface area (Å²) in [6.45, 7) is 1.29. The van der Waals surface area contributed by atoms with E-state index < -0.39 is 7.20 Å². The van der Waals surface area contributed by atoms with Crippen LogP contribution in [0.2, 0.25) is 0 Å². The fourth-order valence-corrected chi connectivity index (χ4v) is 4.10. The van der Waals surface area contributed by atoms with Crippen molar-refractivity contribution in [2.24, 2.45) is 0 Å². The number of hydrogen-bond donors (Lipinski definition) is 0. The van der Waals surface area contributed by atoms with E-state index in [1.54, 1.807) is 0 Å². The summed E-state index contributed by atoms with van der Waals surface area (Å²) in [5, 5.41) is 0. The maximum Gasteiger partial charge on any atom is 0.0624 e. The molecular weight excluding hydrogens is 295 g/mol. The Morgan fingerprint density at radius 1 is 1.46 bits per heavy atom. The molecule has 1 rings (SSSR count). The van der Waals surface area contributed by atoms with Crippen LogP contribution in [0, 0.1) is 0 Å². The van der Waals surface area contributed by atoms with Gasteiger partial charge in [0.15, 0.2) is 0 Å². The molecule has 0 aliphatic carbocycles. The second kappa shape index (κ2) is 4.68. The van der Waals surface area contributed by atoms with Crippen LogP contribution in [0.15, 0.2) is 0 Å². The Bertz CT molecular complexity index is 167. The van der Waals surface area contributed by atoms with Crippen molar-refractivity contribution in [3.05, 3.63) is 0 Å². The predicted octanol–water partition coefficient (Wildman–Crippen LogP) is 2.34. The highest BCUT2D eigenvalue weighted by Crippen LogP contribution is 2.50. The normalized spacial score (nSPS) is 27.1. The molecule has 1 atom stereocenters. The lowest BCUT2D eigenvalue weighted by molar-refractivity contribution is 0.141. The molecule has 0 bridgehead atoms. The van der Waals surface area contributed by atoms with Gasteiger partial charge in [0.1, 0.15) is 0 Å². The number of likely N-dealkylation sites (tertiary alicyclic amines) is 1. The minimum Gasteiger partial charge on any atom is -0.294 e. The average molecular weight is 316 g/mol. The van der Waals surface area contributed by atoms with Crippen LogP contribution < -0.4 is 0 Å². The van der Waals surface area contributed by atoms with Gasteiger partial charge < -0.3 is 0 Å². The molecule has 0 radical (unpaired) electrons. The van der Waals surface area contributed by atoms with Gasteiger partial charge in [0.25, 0.3) is 0 Å². The van der Waals surface area contributed by atoms with Crippen molar-refractivity contribution in [3.8, 4) is 0 Å². The average Bonchev–Trinajstić information content (AvgIpc) is 2.31. The van der Waals surface area contributed by atoms with Crippen LogP contribution in [-0.4, -0.2) is 55.0 Å². The topological polar surface area (TPSA) is 6.48 Å². The minimum atomic E-state index is -0.405. The molecule has 0 aromatic heterocycles. The first-order valence-electron chi connectivity index (χ1n) is 4.71. The zero-order valence-electron chi connectivity index (χ0n) is 9.09. The summed E-state index contributed by atoms with van der Waals surface area (Å²) < 4.78 is 0. The molecule has 80 valence electrons. The van der Waals surface area contributed by atoms with Crippen molar-refractivity contribution >= 4 is 28.4 Å². The molecule has 0 N–H and O–H groups in total. The third kappa shape index (κ3) is 3.93. The zero-order valence-corrected chi connectivity index (χ0v) is 12.1. The van der Waals surface area contributed by atoms with Gasteiger partial charge in [0.2, 0.25) is 0 Å². The van der Waals surface area contributed by atoms with Gasteiger partial charge in [-0.3, -0.25) is 9.80 Å². The Morgan fingerprint density at radius 2 is 2.08 bits per heavy atom. The van der Waals surface area contributed by atoms with Gasteiger partial charge in [0.05, 0.1) is 6.17 Å². The maximum atomic E-state index is 2.64. The van der Waals surface area contributed by atoms with Crippen LogP contribution in [-0.2, 0) is 0 Å². The van der Waals surface area contributed by atoms with Gasteiger partial charge in [-0.2, -0.15) is 7.20 Å². The van der Waals surface area contributed by atoms with Crippen LogP contribution >= 0.6 is 28.4 Å². The molecule has 4 heteroatoms. The fourth-order valence-electron chi connectivity index (χ4n) is 1.94. The molecule has 1 aliphatic heterocycles. The van der Waals surface area contributed by atoms with E-state index in [1.807, 2.05) is 0 Å². The molecule has 2 nitrogen and oxygen atoms in total. The molecule has 1 unspecified atom stereocenters. The summed E-state index contributed by atoms with van der Waals surface area (Å²) in [5.74, 6) is 1.29. The Kier molecular flexibility index (Phi) is 4.35. The SMILES string of the molecule is CN(C)C1CCCN1CS(C)(C)I. The van der Waals surface area contributed by atoms with E-state index >= 15 is 0 Å². The van der Waals surface area contributed by atoms with E-state index in [2.05, 4.69) is 57.6 Å². The Labute approximate surface area is 95.9 Å². The first kappa shape index (κ1) is 12.1. The van der Waals surface area contributed by atoms with Crippen LogP contribution in [0.3, 0.4) is 0 Å². The van der Waals surface area contributed by atoms with Gasteiger partial charge in [0, 0.05) is 12.4 Å². The zero-order chi connectivity index (χ0) is 10.1. The van der Waals surface area contributed by atoms with Gasteiger partial charge in [-0.05, 0) is 60.7 Å². The molecule has 0 spiro atoms. The molecular formula is C9H21IN2S. The lowest BCUT2D eigenvalue weighted by Gasteiger charge is -2.35. The van der Waals surface area contributed by atoms with Gasteiger partial charge >= 0.3 is 0 Å². The van der Waals surface area contributed by atoms with Crippen LogP contribution in [0.1, 0.15) is 12.8 Å². The first-order chi connectivity index (χ1) is 5.90. The summed E-state index contributed by atoms with van der Waals surface area (Å²) in [6, 6.07) is 0. The van der Waals surface area contributed by atoms with Crippen molar-refractivity contribution in [1.29, 1.82) is 0 Å². The van der Waals surface area contributed by atoms with Crippen LogP contribution in [0.5, 0.6) is 0 Å². The standard InChI is InChI=1S/C9H21IN2S/c1-11(2)9-6-5-7-12(9)8-13(3,4)10/h9H,5-8H2,1-4H3. The van der Waals surface area contributed by atoms with Crippen LogP contribution in [0.25, 0.3) is 0 Å². The highest BCUT2D eigenvalue weighted by atomic mass is 127. The summed E-state index contributed by atoms with van der Waals surface area (Å²) in [4.78, 5) is 5.00. The fraction of sp³-hybridized carbons (Fsp3) is 1.00. The van der Waals surface area contributed by atoms with E-state index in [1.165, 1.54) is 25.3 Å². The van der Waals surface area contributed by atoms with E-state index in [0.29, 0.717) is 6.17 Å². The number of rotatable bonds is 3. The Hall–Kier alpha value is 1.00. The molecule has 0 aromatic carbocycles. The lowest BCUT2D eigenvalue weighted by atomic mass is 10.3. The van der Waals surface area contributed by atoms with Gasteiger partial charge in [-0.25, -0.2) is 0 Å². The van der Waals surface area contributed by atoms with E-state index in [0.717, 1.165) is 0 Å².